The van der Waals surface area contributed by atoms with Gasteiger partial charge in [0.2, 0.25) is 0 Å². The summed E-state index contributed by atoms with van der Waals surface area (Å²) in [4.78, 5) is 10.4. The molecular weight excluding hydrogens is 128 g/mol. The molecule has 10 heavy (non-hydrogen) atoms. The molecule has 0 aromatic heterocycles. The molecule has 2 heteroatoms. The Balaban J connectivity index is 4.07. The van der Waals surface area contributed by atoms with Crippen LogP contribution in [0.5, 0.6) is 0 Å². The number of carboxylic acids is 1. The molecule has 0 aliphatic carbocycles. The SMILES string of the molecule is C=C(C)[C@@H](C)[C@@H](C)C(=O)O. The Labute approximate surface area is 61.6 Å². The zero-order valence-electron chi connectivity index (χ0n) is 6.72. The first-order chi connectivity index (χ1) is 4.46. The molecule has 0 unspecified atom stereocenters. The molecule has 0 saturated carbocycles. The molecule has 2 nitrogen and oxygen atoms in total. The molecule has 0 heterocycles. The van der Waals surface area contributed by atoms with Crippen molar-refractivity contribution in [2.24, 2.45) is 11.8 Å². The van der Waals surface area contributed by atoms with E-state index in [1.807, 2.05) is 13.8 Å². The van der Waals surface area contributed by atoms with Crippen LogP contribution in [0.2, 0.25) is 0 Å². The Morgan fingerprint density at radius 2 is 1.80 bits per heavy atom. The monoisotopic (exact) mass is 142 g/mol. The van der Waals surface area contributed by atoms with E-state index in [1.54, 1.807) is 6.92 Å². The van der Waals surface area contributed by atoms with Crippen LogP contribution >= 0.6 is 0 Å². The highest BCUT2D eigenvalue weighted by Gasteiger charge is 2.18. The quantitative estimate of drug-likeness (QED) is 0.611. The van der Waals surface area contributed by atoms with Crippen molar-refractivity contribution in [1.29, 1.82) is 0 Å². The first-order valence-corrected chi connectivity index (χ1v) is 3.35. The summed E-state index contributed by atoms with van der Waals surface area (Å²) < 4.78 is 0. The highest BCUT2D eigenvalue weighted by atomic mass is 16.4. The molecule has 0 rings (SSSR count). The molecule has 0 spiro atoms. The summed E-state index contributed by atoms with van der Waals surface area (Å²) in [5, 5.41) is 8.56. The van der Waals surface area contributed by atoms with Gasteiger partial charge in [-0.3, -0.25) is 4.79 Å². The normalized spacial score (nSPS) is 15.9. The molecular formula is C8H14O2. The van der Waals surface area contributed by atoms with Crippen LogP contribution in [0, 0.1) is 11.8 Å². The predicted octanol–water partition coefficient (Wildman–Crippen LogP) is 1.92. The standard InChI is InChI=1S/C8H14O2/c1-5(2)6(3)7(4)8(9)10/h6-7H,1H2,2-4H3,(H,9,10)/t6-,7-/m1/s1. The number of aliphatic carboxylic acids is 1. The van der Waals surface area contributed by atoms with Crippen LogP contribution in [0.3, 0.4) is 0 Å². The third kappa shape index (κ3) is 2.21. The summed E-state index contributed by atoms with van der Waals surface area (Å²) in [5.74, 6) is -1.01. The molecule has 58 valence electrons. The minimum atomic E-state index is -0.754. The van der Waals surface area contributed by atoms with E-state index in [9.17, 15) is 4.79 Å². The van der Waals surface area contributed by atoms with Crippen LogP contribution in [0.1, 0.15) is 20.8 Å². The van der Waals surface area contributed by atoms with E-state index >= 15 is 0 Å². The second-order valence-electron chi connectivity index (χ2n) is 2.76. The molecule has 0 aromatic carbocycles. The Morgan fingerprint density at radius 1 is 1.40 bits per heavy atom. The topological polar surface area (TPSA) is 37.3 Å². The van der Waals surface area contributed by atoms with E-state index in [1.165, 1.54) is 0 Å². The fourth-order valence-electron chi connectivity index (χ4n) is 0.641. The van der Waals surface area contributed by atoms with E-state index in [-0.39, 0.29) is 11.8 Å². The smallest absolute Gasteiger partial charge is 0.306 e. The maximum atomic E-state index is 10.4. The number of hydrogen-bond donors (Lipinski definition) is 1. The number of carbonyl (C=O) groups is 1. The average molecular weight is 142 g/mol. The van der Waals surface area contributed by atoms with Gasteiger partial charge in [-0.1, -0.05) is 26.0 Å². The predicted molar refractivity (Wildman–Crippen MR) is 40.8 cm³/mol. The van der Waals surface area contributed by atoms with Crippen molar-refractivity contribution in [2.45, 2.75) is 20.8 Å². The van der Waals surface area contributed by atoms with Crippen molar-refractivity contribution in [1.82, 2.24) is 0 Å². The van der Waals surface area contributed by atoms with Crippen LogP contribution in [0.25, 0.3) is 0 Å². The van der Waals surface area contributed by atoms with Crippen molar-refractivity contribution < 1.29 is 9.90 Å². The maximum Gasteiger partial charge on any atom is 0.306 e. The largest absolute Gasteiger partial charge is 0.481 e. The van der Waals surface area contributed by atoms with Crippen LogP contribution in [-0.4, -0.2) is 11.1 Å². The molecule has 0 radical (unpaired) electrons. The van der Waals surface area contributed by atoms with E-state index < -0.39 is 5.97 Å². The van der Waals surface area contributed by atoms with Crippen molar-refractivity contribution >= 4 is 5.97 Å². The zero-order chi connectivity index (χ0) is 8.31. The minimum Gasteiger partial charge on any atom is -0.481 e. The Bertz CT molecular complexity index is 131. The third-order valence-electron chi connectivity index (χ3n) is 1.92. The second-order valence-corrected chi connectivity index (χ2v) is 2.76. The molecule has 2 atom stereocenters. The van der Waals surface area contributed by atoms with Crippen LogP contribution in [-0.2, 0) is 4.79 Å². The Kier molecular flexibility index (Phi) is 3.13. The number of rotatable bonds is 3. The van der Waals surface area contributed by atoms with Gasteiger partial charge in [0, 0.05) is 0 Å². The van der Waals surface area contributed by atoms with Crippen LogP contribution in [0.15, 0.2) is 12.2 Å². The van der Waals surface area contributed by atoms with Crippen LogP contribution in [0.4, 0.5) is 0 Å². The highest BCUT2D eigenvalue weighted by Crippen LogP contribution is 2.17. The molecule has 0 aliphatic rings. The first kappa shape index (κ1) is 9.21. The van der Waals surface area contributed by atoms with Gasteiger partial charge in [0.1, 0.15) is 0 Å². The minimum absolute atomic E-state index is 0.0671. The lowest BCUT2D eigenvalue weighted by Crippen LogP contribution is -2.18. The summed E-state index contributed by atoms with van der Waals surface area (Å²) in [5.41, 5.74) is 0.926. The Hall–Kier alpha value is -0.790. The van der Waals surface area contributed by atoms with Crippen molar-refractivity contribution in [3.05, 3.63) is 12.2 Å². The van der Waals surface area contributed by atoms with Gasteiger partial charge in [0.15, 0.2) is 0 Å². The maximum absolute atomic E-state index is 10.4. The van der Waals surface area contributed by atoms with E-state index in [0.29, 0.717) is 0 Å². The van der Waals surface area contributed by atoms with Gasteiger partial charge in [-0.15, -0.1) is 0 Å². The lowest BCUT2D eigenvalue weighted by molar-refractivity contribution is -0.142. The summed E-state index contributed by atoms with van der Waals surface area (Å²) in [6.07, 6.45) is 0. The van der Waals surface area contributed by atoms with Gasteiger partial charge in [-0.05, 0) is 12.8 Å². The van der Waals surface area contributed by atoms with Gasteiger partial charge in [-0.2, -0.15) is 0 Å². The van der Waals surface area contributed by atoms with Gasteiger partial charge >= 0.3 is 5.97 Å². The third-order valence-corrected chi connectivity index (χ3v) is 1.92. The molecule has 0 fully saturated rings. The molecule has 0 saturated heterocycles. The van der Waals surface area contributed by atoms with E-state index in [2.05, 4.69) is 6.58 Å². The molecule has 1 N–H and O–H groups in total. The van der Waals surface area contributed by atoms with Gasteiger partial charge < -0.3 is 5.11 Å². The number of hydrogen-bond acceptors (Lipinski definition) is 1. The summed E-state index contributed by atoms with van der Waals surface area (Å²) in [7, 11) is 0. The van der Waals surface area contributed by atoms with E-state index in [0.717, 1.165) is 5.57 Å². The van der Waals surface area contributed by atoms with Gasteiger partial charge in [-0.25, -0.2) is 0 Å². The average Bonchev–Trinajstić information content (AvgIpc) is 1.84. The van der Waals surface area contributed by atoms with Crippen molar-refractivity contribution in [3.8, 4) is 0 Å². The number of carboxylic acid groups (broad SMARTS) is 1. The summed E-state index contributed by atoms with van der Waals surface area (Å²) in [6, 6.07) is 0. The molecule has 0 aromatic rings. The van der Waals surface area contributed by atoms with Crippen molar-refractivity contribution in [3.63, 3.8) is 0 Å². The first-order valence-electron chi connectivity index (χ1n) is 3.35. The van der Waals surface area contributed by atoms with Gasteiger partial charge in [0.25, 0.3) is 0 Å². The second kappa shape index (κ2) is 3.40. The fourth-order valence-corrected chi connectivity index (χ4v) is 0.641. The molecule has 0 bridgehead atoms. The van der Waals surface area contributed by atoms with Crippen molar-refractivity contribution in [2.75, 3.05) is 0 Å². The number of allylic oxidation sites excluding steroid dienone is 1. The lowest BCUT2D eigenvalue weighted by Gasteiger charge is -2.14. The fraction of sp³-hybridized carbons (Fsp3) is 0.625. The Morgan fingerprint density at radius 3 is 1.90 bits per heavy atom. The zero-order valence-corrected chi connectivity index (χ0v) is 6.72. The van der Waals surface area contributed by atoms with Crippen LogP contribution < -0.4 is 0 Å². The van der Waals surface area contributed by atoms with E-state index in [4.69, 9.17) is 5.11 Å². The summed E-state index contributed by atoms with van der Waals surface area (Å²) >= 11 is 0. The highest BCUT2D eigenvalue weighted by molar-refractivity contribution is 5.70. The lowest BCUT2D eigenvalue weighted by atomic mass is 9.91. The van der Waals surface area contributed by atoms with Gasteiger partial charge in [0.05, 0.1) is 5.92 Å². The molecule has 0 amide bonds. The summed E-state index contributed by atoms with van der Waals surface area (Å²) in [6.45, 7) is 9.12. The molecule has 0 aliphatic heterocycles.